The number of H-pyrrole nitrogens is 1. The van der Waals surface area contributed by atoms with Gasteiger partial charge in [0.25, 0.3) is 0 Å². The van der Waals surface area contributed by atoms with Crippen molar-refractivity contribution in [2.45, 2.75) is 38.1 Å². The molecule has 1 aromatic carbocycles. The van der Waals surface area contributed by atoms with Crippen molar-refractivity contribution in [2.24, 2.45) is 0 Å². The third-order valence-electron chi connectivity index (χ3n) is 5.20. The number of rotatable bonds is 3. The van der Waals surface area contributed by atoms with Gasteiger partial charge in [-0.05, 0) is 75.6 Å². The summed E-state index contributed by atoms with van der Waals surface area (Å²) in [5, 5.41) is 5.12. The molecule has 3 heterocycles. The smallest absolute Gasteiger partial charge is 0.0488 e. The van der Waals surface area contributed by atoms with Crippen molar-refractivity contribution in [1.29, 1.82) is 0 Å². The van der Waals surface area contributed by atoms with Crippen molar-refractivity contribution in [3.05, 3.63) is 33.9 Å². The number of benzene rings is 1. The van der Waals surface area contributed by atoms with Gasteiger partial charge >= 0.3 is 0 Å². The molecule has 0 bridgehead atoms. The first kappa shape index (κ1) is 14.7. The number of nitrogens with zero attached hydrogens (tertiary/aromatic N) is 1. The van der Waals surface area contributed by atoms with Crippen LogP contribution in [0.25, 0.3) is 10.9 Å². The maximum atomic E-state index is 3.72. The number of nitrogens with one attached hydrogen (secondary N) is 2. The van der Waals surface area contributed by atoms with Crippen molar-refractivity contribution in [3.63, 3.8) is 0 Å². The minimum Gasteiger partial charge on any atom is -0.357 e. The van der Waals surface area contributed by atoms with E-state index in [0.29, 0.717) is 6.04 Å². The summed E-state index contributed by atoms with van der Waals surface area (Å²) in [4.78, 5) is 6.32. The van der Waals surface area contributed by atoms with Gasteiger partial charge in [0.1, 0.15) is 0 Å². The Morgan fingerprint density at radius 2 is 2.05 bits per heavy atom. The second kappa shape index (κ2) is 6.34. The van der Waals surface area contributed by atoms with Gasteiger partial charge in [0.2, 0.25) is 0 Å². The highest BCUT2D eigenvalue weighted by atomic mass is 79.9. The van der Waals surface area contributed by atoms with Crippen molar-refractivity contribution < 1.29 is 0 Å². The number of hydrogen-bond acceptors (Lipinski definition) is 2. The SMILES string of the molecule is Brc1ccc2[nH]c3c(c2c1)CCN[C@H]3CCN1CCCCC1. The summed E-state index contributed by atoms with van der Waals surface area (Å²) in [6.45, 7) is 4.89. The van der Waals surface area contributed by atoms with E-state index in [1.54, 1.807) is 0 Å². The molecule has 1 aromatic heterocycles. The second-order valence-corrected chi connectivity index (χ2v) is 7.57. The summed E-state index contributed by atoms with van der Waals surface area (Å²) in [6.07, 6.45) is 6.51. The van der Waals surface area contributed by atoms with Crippen molar-refractivity contribution in [1.82, 2.24) is 15.2 Å². The highest BCUT2D eigenvalue weighted by Crippen LogP contribution is 2.33. The second-order valence-electron chi connectivity index (χ2n) is 6.65. The molecule has 2 aliphatic heterocycles. The van der Waals surface area contributed by atoms with Gasteiger partial charge in [0.05, 0.1) is 0 Å². The molecule has 0 saturated carbocycles. The standard InChI is InChI=1S/C18H24BrN3/c19-13-4-5-16-15(12-13)14-6-8-20-17(18(14)21-16)7-11-22-9-2-1-3-10-22/h4-5,12,17,20-21H,1-3,6-11H2/t17-/m0/s1. The number of halogens is 1. The van der Waals surface area contributed by atoms with Crippen LogP contribution in [-0.4, -0.2) is 36.1 Å². The van der Waals surface area contributed by atoms with E-state index in [1.807, 2.05) is 0 Å². The molecular weight excluding hydrogens is 338 g/mol. The van der Waals surface area contributed by atoms with Crippen molar-refractivity contribution in [2.75, 3.05) is 26.2 Å². The van der Waals surface area contributed by atoms with Crippen LogP contribution in [0.3, 0.4) is 0 Å². The Labute approximate surface area is 140 Å². The van der Waals surface area contributed by atoms with Gasteiger partial charge in [0, 0.05) is 27.1 Å². The molecular formula is C18H24BrN3. The molecule has 0 radical (unpaired) electrons. The Hall–Kier alpha value is -0.840. The van der Waals surface area contributed by atoms with Crippen LogP contribution in [0.5, 0.6) is 0 Å². The van der Waals surface area contributed by atoms with Gasteiger partial charge in [-0.25, -0.2) is 0 Å². The largest absolute Gasteiger partial charge is 0.357 e. The number of aromatic amines is 1. The molecule has 0 spiro atoms. The number of fused-ring (bicyclic) bond motifs is 3. The minimum absolute atomic E-state index is 0.483. The van der Waals surface area contributed by atoms with Crippen LogP contribution in [0.2, 0.25) is 0 Å². The zero-order chi connectivity index (χ0) is 14.9. The Balaban J connectivity index is 1.55. The first-order chi connectivity index (χ1) is 10.8. The number of hydrogen-bond donors (Lipinski definition) is 2. The first-order valence-corrected chi connectivity index (χ1v) is 9.36. The Bertz CT molecular complexity index is 658. The molecule has 1 atom stereocenters. The molecule has 3 nitrogen and oxygen atoms in total. The molecule has 4 rings (SSSR count). The van der Waals surface area contributed by atoms with Gasteiger partial charge in [-0.1, -0.05) is 22.4 Å². The average Bonchev–Trinajstić information content (AvgIpc) is 2.92. The maximum absolute atomic E-state index is 3.72. The molecule has 2 aliphatic rings. The van der Waals surface area contributed by atoms with E-state index in [1.165, 1.54) is 72.0 Å². The molecule has 2 aromatic rings. The lowest BCUT2D eigenvalue weighted by Gasteiger charge is -2.30. The molecule has 118 valence electrons. The predicted octanol–water partition coefficient (Wildman–Crippen LogP) is 3.99. The zero-order valence-corrected chi connectivity index (χ0v) is 14.6. The summed E-state index contributed by atoms with van der Waals surface area (Å²) in [5.41, 5.74) is 4.23. The van der Waals surface area contributed by atoms with Gasteiger partial charge in [-0.2, -0.15) is 0 Å². The van der Waals surface area contributed by atoms with E-state index in [2.05, 4.69) is 49.3 Å². The topological polar surface area (TPSA) is 31.1 Å². The number of aromatic nitrogens is 1. The van der Waals surface area contributed by atoms with E-state index in [0.717, 1.165) is 13.0 Å². The number of piperidine rings is 1. The van der Waals surface area contributed by atoms with E-state index >= 15 is 0 Å². The Kier molecular flexibility index (Phi) is 4.25. The molecule has 0 amide bonds. The minimum atomic E-state index is 0.483. The van der Waals surface area contributed by atoms with Gasteiger partial charge < -0.3 is 15.2 Å². The quantitative estimate of drug-likeness (QED) is 0.865. The van der Waals surface area contributed by atoms with Crippen molar-refractivity contribution >= 4 is 26.8 Å². The van der Waals surface area contributed by atoms with Crippen LogP contribution in [0.1, 0.15) is 43.0 Å². The molecule has 22 heavy (non-hydrogen) atoms. The highest BCUT2D eigenvalue weighted by molar-refractivity contribution is 9.10. The van der Waals surface area contributed by atoms with Crippen LogP contribution < -0.4 is 5.32 Å². The lowest BCUT2D eigenvalue weighted by molar-refractivity contribution is 0.215. The van der Waals surface area contributed by atoms with Crippen LogP contribution >= 0.6 is 15.9 Å². The van der Waals surface area contributed by atoms with Crippen molar-refractivity contribution in [3.8, 4) is 0 Å². The van der Waals surface area contributed by atoms with Crippen LogP contribution in [0, 0.1) is 0 Å². The fraction of sp³-hybridized carbons (Fsp3) is 0.556. The molecule has 1 saturated heterocycles. The van der Waals surface area contributed by atoms with Gasteiger partial charge in [-0.15, -0.1) is 0 Å². The lowest BCUT2D eigenvalue weighted by atomic mass is 9.97. The van der Waals surface area contributed by atoms with E-state index in [9.17, 15) is 0 Å². The summed E-state index contributed by atoms with van der Waals surface area (Å²) in [6, 6.07) is 7.06. The van der Waals surface area contributed by atoms with Crippen LogP contribution in [0.4, 0.5) is 0 Å². The summed E-state index contributed by atoms with van der Waals surface area (Å²) >= 11 is 3.61. The number of likely N-dealkylation sites (tertiary alicyclic amines) is 1. The Morgan fingerprint density at radius 1 is 1.18 bits per heavy atom. The average molecular weight is 362 g/mol. The molecule has 1 fully saturated rings. The molecule has 0 aliphatic carbocycles. The van der Waals surface area contributed by atoms with E-state index < -0.39 is 0 Å². The first-order valence-electron chi connectivity index (χ1n) is 8.57. The third kappa shape index (κ3) is 2.84. The lowest BCUT2D eigenvalue weighted by Crippen LogP contribution is -2.35. The summed E-state index contributed by atoms with van der Waals surface area (Å²) in [7, 11) is 0. The summed E-state index contributed by atoms with van der Waals surface area (Å²) < 4.78 is 1.17. The third-order valence-corrected chi connectivity index (χ3v) is 5.69. The van der Waals surface area contributed by atoms with Crippen LogP contribution in [0.15, 0.2) is 22.7 Å². The van der Waals surface area contributed by atoms with E-state index in [-0.39, 0.29) is 0 Å². The summed E-state index contributed by atoms with van der Waals surface area (Å²) in [5.74, 6) is 0. The molecule has 2 N–H and O–H groups in total. The van der Waals surface area contributed by atoms with Gasteiger partial charge in [0.15, 0.2) is 0 Å². The fourth-order valence-electron chi connectivity index (χ4n) is 4.02. The fourth-order valence-corrected chi connectivity index (χ4v) is 4.38. The molecule has 0 unspecified atom stereocenters. The van der Waals surface area contributed by atoms with Gasteiger partial charge in [-0.3, -0.25) is 0 Å². The molecule has 4 heteroatoms. The predicted molar refractivity (Wildman–Crippen MR) is 95.4 cm³/mol. The normalized spacial score (nSPS) is 22.9. The van der Waals surface area contributed by atoms with Crippen LogP contribution in [-0.2, 0) is 6.42 Å². The van der Waals surface area contributed by atoms with E-state index in [4.69, 9.17) is 0 Å². The Morgan fingerprint density at radius 3 is 2.91 bits per heavy atom. The maximum Gasteiger partial charge on any atom is 0.0488 e. The monoisotopic (exact) mass is 361 g/mol. The zero-order valence-electron chi connectivity index (χ0n) is 13.0. The highest BCUT2D eigenvalue weighted by Gasteiger charge is 2.24.